The van der Waals surface area contributed by atoms with E-state index in [2.05, 4.69) is 36.5 Å². The highest BCUT2D eigenvalue weighted by molar-refractivity contribution is 5.26. The molecule has 94 valence electrons. The standard InChI is InChI=1S/C15H23NO/c1-3-16-15(14-8-9-14)13-6-4-12(5-7-13)10-11-17-2/h4-7,14-16H,3,8-11H2,1-2H3. The van der Waals surface area contributed by atoms with Crippen molar-refractivity contribution in [2.45, 2.75) is 32.2 Å². The van der Waals surface area contributed by atoms with Crippen molar-refractivity contribution in [1.82, 2.24) is 5.32 Å². The van der Waals surface area contributed by atoms with E-state index in [9.17, 15) is 0 Å². The number of benzene rings is 1. The monoisotopic (exact) mass is 233 g/mol. The smallest absolute Gasteiger partial charge is 0.0502 e. The van der Waals surface area contributed by atoms with Crippen LogP contribution < -0.4 is 5.32 Å². The van der Waals surface area contributed by atoms with Crippen molar-refractivity contribution in [2.24, 2.45) is 5.92 Å². The van der Waals surface area contributed by atoms with Gasteiger partial charge in [0.05, 0.1) is 6.61 Å². The minimum absolute atomic E-state index is 0.566. The third-order valence-corrected chi connectivity index (χ3v) is 3.45. The molecule has 0 heterocycles. The molecular formula is C15H23NO. The molecule has 0 aromatic heterocycles. The van der Waals surface area contributed by atoms with E-state index in [-0.39, 0.29) is 0 Å². The number of hydrogen-bond acceptors (Lipinski definition) is 2. The van der Waals surface area contributed by atoms with Gasteiger partial charge in [-0.3, -0.25) is 0 Å². The predicted octanol–water partition coefficient (Wildman–Crippen LogP) is 2.94. The molecule has 1 aliphatic carbocycles. The molecule has 2 heteroatoms. The van der Waals surface area contributed by atoms with Crippen LogP contribution in [0.5, 0.6) is 0 Å². The second kappa shape index (κ2) is 6.18. The molecule has 1 fully saturated rings. The minimum Gasteiger partial charge on any atom is -0.384 e. The average Bonchev–Trinajstić information content (AvgIpc) is 3.18. The second-order valence-corrected chi connectivity index (χ2v) is 4.86. The van der Waals surface area contributed by atoms with Gasteiger partial charge in [0.2, 0.25) is 0 Å². The molecule has 1 saturated carbocycles. The molecule has 0 saturated heterocycles. The van der Waals surface area contributed by atoms with Crippen molar-refractivity contribution < 1.29 is 4.74 Å². The first-order chi connectivity index (χ1) is 8.35. The van der Waals surface area contributed by atoms with Gasteiger partial charge in [0, 0.05) is 13.2 Å². The predicted molar refractivity (Wildman–Crippen MR) is 71.2 cm³/mol. The molecule has 1 aliphatic rings. The molecule has 0 amide bonds. The molecule has 0 spiro atoms. The lowest BCUT2D eigenvalue weighted by Gasteiger charge is -2.18. The Morgan fingerprint density at radius 2 is 2.00 bits per heavy atom. The average molecular weight is 233 g/mol. The maximum Gasteiger partial charge on any atom is 0.0502 e. The topological polar surface area (TPSA) is 21.3 Å². The van der Waals surface area contributed by atoms with E-state index in [1.54, 1.807) is 7.11 Å². The van der Waals surface area contributed by atoms with E-state index in [4.69, 9.17) is 4.74 Å². The molecule has 17 heavy (non-hydrogen) atoms. The van der Waals surface area contributed by atoms with Gasteiger partial charge in [-0.1, -0.05) is 31.2 Å². The van der Waals surface area contributed by atoms with Crippen molar-refractivity contribution in [1.29, 1.82) is 0 Å². The summed E-state index contributed by atoms with van der Waals surface area (Å²) in [6.07, 6.45) is 3.76. The fourth-order valence-electron chi connectivity index (χ4n) is 2.32. The summed E-state index contributed by atoms with van der Waals surface area (Å²) in [5.74, 6) is 0.861. The molecule has 0 radical (unpaired) electrons. The maximum atomic E-state index is 5.10. The van der Waals surface area contributed by atoms with Crippen LogP contribution in [0.1, 0.15) is 36.9 Å². The van der Waals surface area contributed by atoms with Crippen molar-refractivity contribution >= 4 is 0 Å². The Bertz CT molecular complexity index is 329. The summed E-state index contributed by atoms with van der Waals surface area (Å²) < 4.78 is 5.10. The normalized spacial score (nSPS) is 17.1. The van der Waals surface area contributed by atoms with E-state index in [1.165, 1.54) is 24.0 Å². The van der Waals surface area contributed by atoms with Gasteiger partial charge < -0.3 is 10.1 Å². The largest absolute Gasteiger partial charge is 0.384 e. The molecule has 0 bridgehead atoms. The van der Waals surface area contributed by atoms with E-state index >= 15 is 0 Å². The fourth-order valence-corrected chi connectivity index (χ4v) is 2.32. The van der Waals surface area contributed by atoms with Crippen molar-refractivity contribution in [3.8, 4) is 0 Å². The summed E-state index contributed by atoms with van der Waals surface area (Å²) >= 11 is 0. The van der Waals surface area contributed by atoms with Crippen LogP contribution in [0.2, 0.25) is 0 Å². The van der Waals surface area contributed by atoms with Crippen LogP contribution in [0.25, 0.3) is 0 Å². The van der Waals surface area contributed by atoms with E-state index < -0.39 is 0 Å². The van der Waals surface area contributed by atoms with Gasteiger partial charge in [-0.2, -0.15) is 0 Å². The fraction of sp³-hybridized carbons (Fsp3) is 0.600. The Morgan fingerprint density at radius 1 is 1.29 bits per heavy atom. The molecule has 0 aliphatic heterocycles. The summed E-state index contributed by atoms with van der Waals surface area (Å²) in [6.45, 7) is 4.04. The summed E-state index contributed by atoms with van der Waals surface area (Å²) in [7, 11) is 1.75. The van der Waals surface area contributed by atoms with Gasteiger partial charge in [0.25, 0.3) is 0 Å². The summed E-state index contributed by atoms with van der Waals surface area (Å²) in [5, 5.41) is 3.60. The summed E-state index contributed by atoms with van der Waals surface area (Å²) in [6, 6.07) is 9.59. The maximum absolute atomic E-state index is 5.10. The Hall–Kier alpha value is -0.860. The van der Waals surface area contributed by atoms with Crippen LogP contribution in [0.4, 0.5) is 0 Å². The molecule has 1 atom stereocenters. The highest BCUT2D eigenvalue weighted by Crippen LogP contribution is 2.40. The number of ether oxygens (including phenoxy) is 1. The van der Waals surface area contributed by atoms with Crippen molar-refractivity contribution in [3.63, 3.8) is 0 Å². The molecule has 2 nitrogen and oxygen atoms in total. The number of rotatable bonds is 7. The Balaban J connectivity index is 1.99. The first kappa shape index (κ1) is 12.6. The van der Waals surface area contributed by atoms with E-state index in [0.717, 1.165) is 25.5 Å². The molecular weight excluding hydrogens is 210 g/mol. The zero-order chi connectivity index (χ0) is 12.1. The third-order valence-electron chi connectivity index (χ3n) is 3.45. The van der Waals surface area contributed by atoms with E-state index in [1.807, 2.05) is 0 Å². The van der Waals surface area contributed by atoms with Gasteiger partial charge >= 0.3 is 0 Å². The van der Waals surface area contributed by atoms with Crippen LogP contribution in [0, 0.1) is 5.92 Å². The van der Waals surface area contributed by atoms with Crippen LogP contribution in [0.3, 0.4) is 0 Å². The number of methoxy groups -OCH3 is 1. The van der Waals surface area contributed by atoms with Gasteiger partial charge in [0.1, 0.15) is 0 Å². The first-order valence-corrected chi connectivity index (χ1v) is 6.66. The molecule has 1 unspecified atom stereocenters. The highest BCUT2D eigenvalue weighted by Gasteiger charge is 2.31. The Kier molecular flexibility index (Phi) is 4.57. The van der Waals surface area contributed by atoms with Gasteiger partial charge in [-0.15, -0.1) is 0 Å². The summed E-state index contributed by atoms with van der Waals surface area (Å²) in [5.41, 5.74) is 2.80. The quantitative estimate of drug-likeness (QED) is 0.782. The third kappa shape index (κ3) is 3.55. The SMILES string of the molecule is CCNC(c1ccc(CCOC)cc1)C1CC1. The lowest BCUT2D eigenvalue weighted by atomic mass is 10.00. The van der Waals surface area contributed by atoms with Crippen molar-refractivity contribution in [2.75, 3.05) is 20.3 Å². The van der Waals surface area contributed by atoms with Crippen LogP contribution in [-0.2, 0) is 11.2 Å². The number of nitrogens with one attached hydrogen (secondary N) is 1. The number of hydrogen-bond donors (Lipinski definition) is 1. The molecule has 2 rings (SSSR count). The van der Waals surface area contributed by atoms with Crippen LogP contribution >= 0.6 is 0 Å². The zero-order valence-electron chi connectivity index (χ0n) is 10.9. The lowest BCUT2D eigenvalue weighted by molar-refractivity contribution is 0.202. The van der Waals surface area contributed by atoms with Gasteiger partial charge in [0.15, 0.2) is 0 Å². The van der Waals surface area contributed by atoms with Crippen LogP contribution in [0.15, 0.2) is 24.3 Å². The lowest BCUT2D eigenvalue weighted by Crippen LogP contribution is -2.22. The summed E-state index contributed by atoms with van der Waals surface area (Å²) in [4.78, 5) is 0. The second-order valence-electron chi connectivity index (χ2n) is 4.86. The first-order valence-electron chi connectivity index (χ1n) is 6.66. The zero-order valence-corrected chi connectivity index (χ0v) is 10.9. The molecule has 1 aromatic carbocycles. The van der Waals surface area contributed by atoms with Gasteiger partial charge in [-0.25, -0.2) is 0 Å². The highest BCUT2D eigenvalue weighted by atomic mass is 16.5. The van der Waals surface area contributed by atoms with E-state index in [0.29, 0.717) is 6.04 Å². The Labute approximate surface area is 104 Å². The Morgan fingerprint density at radius 3 is 2.53 bits per heavy atom. The minimum atomic E-state index is 0.566. The van der Waals surface area contributed by atoms with Gasteiger partial charge in [-0.05, 0) is 42.9 Å². The van der Waals surface area contributed by atoms with Crippen molar-refractivity contribution in [3.05, 3.63) is 35.4 Å². The van der Waals surface area contributed by atoms with Crippen LogP contribution in [-0.4, -0.2) is 20.3 Å². The molecule has 1 aromatic rings. The molecule has 1 N–H and O–H groups in total.